The van der Waals surface area contributed by atoms with Crippen molar-refractivity contribution in [1.29, 1.82) is 0 Å². The number of rotatable bonds is 8. The molecule has 0 amide bonds. The average Bonchev–Trinajstić information content (AvgIpc) is 2.95. The largest absolute Gasteiger partial charge is 0.399 e. The number of nitrogen functional groups attached to an aromatic ring is 1. The van der Waals surface area contributed by atoms with Gasteiger partial charge < -0.3 is 15.5 Å². The van der Waals surface area contributed by atoms with E-state index in [9.17, 15) is 0 Å². The summed E-state index contributed by atoms with van der Waals surface area (Å²) in [4.78, 5) is 22.5. The number of hydrogen-bond acceptors (Lipinski definition) is 8. The number of anilines is 3. The van der Waals surface area contributed by atoms with Gasteiger partial charge in [0.15, 0.2) is 5.60 Å². The van der Waals surface area contributed by atoms with Gasteiger partial charge in [-0.25, -0.2) is 19.9 Å². The second kappa shape index (κ2) is 11.1. The summed E-state index contributed by atoms with van der Waals surface area (Å²) in [5.41, 5.74) is 9.78. The first-order valence-electron chi connectivity index (χ1n) is 12.5. The summed E-state index contributed by atoms with van der Waals surface area (Å²) in [5.74, 6) is 0.584. The smallest absolute Gasteiger partial charge is 0.238 e. The molecule has 39 heavy (non-hydrogen) atoms. The molecule has 0 bridgehead atoms. The summed E-state index contributed by atoms with van der Waals surface area (Å²) in [6, 6.07) is 25.7. The fraction of sp³-hybridized carbons (Fsp3) is 0.167. The summed E-state index contributed by atoms with van der Waals surface area (Å²) < 4.78 is 7.01. The van der Waals surface area contributed by atoms with E-state index in [0.29, 0.717) is 22.9 Å². The summed E-state index contributed by atoms with van der Waals surface area (Å²) in [5, 5.41) is 3.14. The Morgan fingerprint density at radius 1 is 0.769 bits per heavy atom. The van der Waals surface area contributed by atoms with Crippen LogP contribution in [0.3, 0.4) is 0 Å². The molecular weight excluding hydrogens is 502 g/mol. The van der Waals surface area contributed by atoms with Gasteiger partial charge in [-0.1, -0.05) is 81.4 Å². The second-order valence-electron chi connectivity index (χ2n) is 9.98. The van der Waals surface area contributed by atoms with Crippen molar-refractivity contribution in [2.45, 2.75) is 31.4 Å². The highest BCUT2D eigenvalue weighted by molar-refractivity contribution is 6.32. The predicted octanol–water partition coefficient (Wildman–Crippen LogP) is 5.80. The Morgan fingerprint density at radius 2 is 1.41 bits per heavy atom. The van der Waals surface area contributed by atoms with E-state index in [1.54, 1.807) is 24.8 Å². The predicted molar refractivity (Wildman–Crippen MR) is 154 cm³/mol. The molecule has 194 valence electrons. The van der Waals surface area contributed by atoms with Gasteiger partial charge in [-0.3, -0.25) is 4.98 Å². The van der Waals surface area contributed by atoms with Crippen LogP contribution >= 0.6 is 0 Å². The average molecular weight is 532 g/mol. The quantitative estimate of drug-likeness (QED) is 0.242. The summed E-state index contributed by atoms with van der Waals surface area (Å²) >= 11 is 0. The number of hydrogen-bond donors (Lipinski definition) is 2. The number of pyridine rings is 1. The molecule has 9 heteroatoms. The SMILES string of the molecule is CC(C)(C)[Si]OC(c1ccccc1)(c1ccccc1)c1nc(N)ncc1-c1ccnc(Nc2ccncc2)n1. The van der Waals surface area contributed by atoms with Crippen LogP contribution in [0.15, 0.2) is 104 Å². The van der Waals surface area contributed by atoms with Crippen LogP contribution in [-0.2, 0) is 10.0 Å². The first-order valence-corrected chi connectivity index (χ1v) is 13.5. The molecule has 3 aromatic heterocycles. The zero-order valence-corrected chi connectivity index (χ0v) is 23.0. The van der Waals surface area contributed by atoms with Gasteiger partial charge in [-0.15, -0.1) is 0 Å². The Morgan fingerprint density at radius 3 is 2.03 bits per heavy atom. The van der Waals surface area contributed by atoms with E-state index in [1.807, 2.05) is 54.6 Å². The first-order chi connectivity index (χ1) is 18.8. The van der Waals surface area contributed by atoms with Gasteiger partial charge in [0, 0.05) is 36.0 Å². The van der Waals surface area contributed by atoms with Crippen LogP contribution in [0.2, 0.25) is 5.04 Å². The van der Waals surface area contributed by atoms with Gasteiger partial charge in [0.05, 0.1) is 11.4 Å². The minimum absolute atomic E-state index is 0.0932. The highest BCUT2D eigenvalue weighted by Crippen LogP contribution is 2.44. The van der Waals surface area contributed by atoms with Crippen molar-refractivity contribution in [3.63, 3.8) is 0 Å². The van der Waals surface area contributed by atoms with Crippen molar-refractivity contribution in [1.82, 2.24) is 24.9 Å². The molecule has 0 aliphatic heterocycles. The number of aromatic nitrogens is 5. The highest BCUT2D eigenvalue weighted by atomic mass is 28.2. The molecule has 0 spiro atoms. The van der Waals surface area contributed by atoms with Crippen LogP contribution in [0.5, 0.6) is 0 Å². The van der Waals surface area contributed by atoms with E-state index in [0.717, 1.165) is 16.8 Å². The Kier molecular flexibility index (Phi) is 7.44. The molecule has 0 fully saturated rings. The van der Waals surface area contributed by atoms with E-state index < -0.39 is 5.60 Å². The molecule has 0 saturated heterocycles. The van der Waals surface area contributed by atoms with Crippen molar-refractivity contribution in [3.05, 3.63) is 120 Å². The van der Waals surface area contributed by atoms with Crippen molar-refractivity contribution >= 4 is 27.3 Å². The maximum absolute atomic E-state index is 7.01. The van der Waals surface area contributed by atoms with Gasteiger partial charge in [0.2, 0.25) is 21.7 Å². The van der Waals surface area contributed by atoms with E-state index in [-0.39, 0.29) is 20.7 Å². The summed E-state index contributed by atoms with van der Waals surface area (Å²) in [6.07, 6.45) is 6.83. The normalized spacial score (nSPS) is 11.8. The third kappa shape index (κ3) is 5.84. The molecule has 3 heterocycles. The van der Waals surface area contributed by atoms with Gasteiger partial charge >= 0.3 is 0 Å². The number of benzene rings is 2. The van der Waals surface area contributed by atoms with Crippen LogP contribution in [-0.4, -0.2) is 34.7 Å². The standard InChI is InChI=1S/C30H29N7OSi/c1-29(2,3)39-38-30(21-10-6-4-7-11-21,22-12-8-5-9-13-22)26-24(20-34-27(31)37-26)25-16-19-33-28(36-25)35-23-14-17-32-18-15-23/h4-20H,1-3H3,(H2,31,34,37)(H,32,33,35,36). The maximum atomic E-state index is 7.01. The second-order valence-corrected chi connectivity index (χ2v) is 11.9. The molecule has 5 aromatic rings. The lowest BCUT2D eigenvalue weighted by molar-refractivity contribution is 0.152. The molecule has 0 aliphatic rings. The lowest BCUT2D eigenvalue weighted by atomic mass is 9.81. The third-order valence-corrected chi connectivity index (χ3v) is 6.90. The minimum Gasteiger partial charge on any atom is -0.399 e. The summed E-state index contributed by atoms with van der Waals surface area (Å²) in [6.45, 7) is 6.47. The topological polar surface area (TPSA) is 112 Å². The molecular formula is C30H29N7OSi. The highest BCUT2D eigenvalue weighted by Gasteiger charge is 2.42. The van der Waals surface area contributed by atoms with Gasteiger partial charge in [0.1, 0.15) is 0 Å². The monoisotopic (exact) mass is 531 g/mol. The van der Waals surface area contributed by atoms with Crippen molar-refractivity contribution in [2.24, 2.45) is 0 Å². The van der Waals surface area contributed by atoms with Crippen LogP contribution in [0, 0.1) is 0 Å². The molecule has 3 N–H and O–H groups in total. The van der Waals surface area contributed by atoms with E-state index in [1.165, 1.54) is 0 Å². The Labute approximate surface area is 230 Å². The molecule has 8 nitrogen and oxygen atoms in total. The third-order valence-electron chi connectivity index (χ3n) is 5.88. The van der Waals surface area contributed by atoms with Gasteiger partial charge in [0.25, 0.3) is 0 Å². The van der Waals surface area contributed by atoms with Crippen LogP contribution in [0.25, 0.3) is 11.3 Å². The van der Waals surface area contributed by atoms with E-state index in [2.05, 4.69) is 65.3 Å². The molecule has 0 atom stereocenters. The molecule has 0 saturated carbocycles. The van der Waals surface area contributed by atoms with Crippen molar-refractivity contribution in [3.8, 4) is 11.3 Å². The zero-order valence-electron chi connectivity index (χ0n) is 22.0. The van der Waals surface area contributed by atoms with Crippen molar-refractivity contribution in [2.75, 3.05) is 11.1 Å². The van der Waals surface area contributed by atoms with Crippen LogP contribution in [0.4, 0.5) is 17.6 Å². The molecule has 2 radical (unpaired) electrons. The lowest BCUT2D eigenvalue weighted by Crippen LogP contribution is -2.38. The molecule has 0 unspecified atom stereocenters. The molecule has 5 rings (SSSR count). The van der Waals surface area contributed by atoms with Gasteiger partial charge in [-0.05, 0) is 34.4 Å². The fourth-order valence-corrected chi connectivity index (χ4v) is 4.96. The van der Waals surface area contributed by atoms with E-state index >= 15 is 0 Å². The van der Waals surface area contributed by atoms with Crippen LogP contribution in [0.1, 0.15) is 37.6 Å². The maximum Gasteiger partial charge on any atom is 0.238 e. The Bertz CT molecular complexity index is 1490. The lowest BCUT2D eigenvalue weighted by Gasteiger charge is -2.38. The number of nitrogens with one attached hydrogen (secondary N) is 1. The fourth-order valence-electron chi connectivity index (χ4n) is 4.17. The first kappa shape index (κ1) is 26.1. The zero-order chi connectivity index (χ0) is 27.3. The number of nitrogens with two attached hydrogens (primary N) is 1. The van der Waals surface area contributed by atoms with E-state index in [4.69, 9.17) is 20.1 Å². The van der Waals surface area contributed by atoms with Crippen LogP contribution < -0.4 is 11.1 Å². The molecule has 2 aromatic carbocycles. The summed E-state index contributed by atoms with van der Waals surface area (Å²) in [7, 11) is 0.147. The van der Waals surface area contributed by atoms with Crippen molar-refractivity contribution < 1.29 is 4.43 Å². The molecule has 0 aliphatic carbocycles. The minimum atomic E-state index is -1.08. The van der Waals surface area contributed by atoms with Gasteiger partial charge in [-0.2, -0.15) is 0 Å². The Hall–Kier alpha value is -4.47. The number of nitrogens with zero attached hydrogens (tertiary/aromatic N) is 5. The Balaban J connectivity index is 1.74.